The summed E-state index contributed by atoms with van der Waals surface area (Å²) in [5.74, 6) is -1.49. The first-order valence-electron chi connectivity index (χ1n) is 11.1. The Kier molecular flexibility index (Phi) is 7.82. The number of hydrogen-bond donors (Lipinski definition) is 3. The minimum absolute atomic E-state index is 0.0875. The van der Waals surface area contributed by atoms with Gasteiger partial charge in [-0.1, -0.05) is 32.0 Å². The van der Waals surface area contributed by atoms with Gasteiger partial charge >= 0.3 is 0 Å². The third-order valence-electron chi connectivity index (χ3n) is 5.93. The van der Waals surface area contributed by atoms with Crippen molar-refractivity contribution >= 4 is 29.8 Å². The van der Waals surface area contributed by atoms with E-state index in [2.05, 4.69) is 16.0 Å². The first kappa shape index (κ1) is 23.7. The van der Waals surface area contributed by atoms with Crippen LogP contribution in [0.3, 0.4) is 0 Å². The number of hydrogen-bond acceptors (Lipinski definition) is 4. The van der Waals surface area contributed by atoms with Crippen molar-refractivity contribution < 1.29 is 23.6 Å². The number of likely N-dealkylation sites (tertiary alicyclic amines) is 1. The van der Waals surface area contributed by atoms with Gasteiger partial charge in [0.05, 0.1) is 12.5 Å². The predicted molar refractivity (Wildman–Crippen MR) is 117 cm³/mol. The molecule has 4 unspecified atom stereocenters. The van der Waals surface area contributed by atoms with Crippen LogP contribution in [0.5, 0.6) is 0 Å². The molecule has 1 aromatic rings. The van der Waals surface area contributed by atoms with E-state index in [1.165, 1.54) is 0 Å². The van der Waals surface area contributed by atoms with E-state index in [4.69, 9.17) is 0 Å². The fourth-order valence-electron chi connectivity index (χ4n) is 4.15. The highest BCUT2D eigenvalue weighted by Crippen LogP contribution is 2.34. The lowest BCUT2D eigenvalue weighted by Crippen LogP contribution is -2.51. The number of benzene rings is 1. The van der Waals surface area contributed by atoms with Crippen LogP contribution in [0, 0.1) is 11.8 Å². The van der Waals surface area contributed by atoms with Gasteiger partial charge < -0.3 is 20.9 Å². The molecule has 2 aliphatic rings. The second-order valence-electron chi connectivity index (χ2n) is 8.94. The summed E-state index contributed by atoms with van der Waals surface area (Å²) < 4.78 is 13.0. The molecular formula is C23H31FN4O4. The Balaban J connectivity index is 1.59. The molecule has 1 aromatic carbocycles. The Bertz CT molecular complexity index is 862. The number of carbonyl (C=O) groups excluding carboxylic acids is 4. The van der Waals surface area contributed by atoms with Crippen molar-refractivity contribution in [3.63, 3.8) is 0 Å². The fourth-order valence-corrected chi connectivity index (χ4v) is 4.15. The maximum Gasteiger partial charge on any atom is 0.245 e. The Hall–Kier alpha value is -2.97. The number of carbonyl (C=O) groups is 4. The second kappa shape index (κ2) is 10.6. The topological polar surface area (TPSA) is 108 Å². The molecule has 4 amide bonds. The molecule has 8 nitrogen and oxygen atoms in total. The highest BCUT2D eigenvalue weighted by molar-refractivity contribution is 5.91. The normalized spacial score (nSPS) is 22.9. The number of rotatable bonds is 10. The minimum atomic E-state index is -1.12. The summed E-state index contributed by atoms with van der Waals surface area (Å²) in [6.45, 7) is 4.71. The molecule has 2 fully saturated rings. The van der Waals surface area contributed by atoms with E-state index < -0.39 is 29.9 Å². The van der Waals surface area contributed by atoms with Gasteiger partial charge in [0, 0.05) is 24.7 Å². The molecular weight excluding hydrogens is 415 g/mol. The fraction of sp³-hybridized carbons (Fsp3) is 0.565. The summed E-state index contributed by atoms with van der Waals surface area (Å²) in [6, 6.07) is 6.83. The van der Waals surface area contributed by atoms with Gasteiger partial charge in [-0.2, -0.15) is 0 Å². The highest BCUT2D eigenvalue weighted by atomic mass is 19.1. The van der Waals surface area contributed by atoms with Gasteiger partial charge in [-0.25, -0.2) is 4.39 Å². The molecule has 3 rings (SSSR count). The summed E-state index contributed by atoms with van der Waals surface area (Å²) in [7, 11) is 0. The van der Waals surface area contributed by atoms with Crippen molar-refractivity contribution in [1.82, 2.24) is 15.5 Å². The third kappa shape index (κ3) is 6.05. The van der Waals surface area contributed by atoms with Gasteiger partial charge in [-0.3, -0.25) is 19.2 Å². The molecule has 32 heavy (non-hydrogen) atoms. The molecule has 0 bridgehead atoms. The molecule has 1 saturated heterocycles. The average Bonchev–Trinajstić information content (AvgIpc) is 3.29. The van der Waals surface area contributed by atoms with E-state index in [1.54, 1.807) is 4.90 Å². The zero-order chi connectivity index (χ0) is 23.3. The summed E-state index contributed by atoms with van der Waals surface area (Å²) in [5.41, 5.74) is 1.71. The van der Waals surface area contributed by atoms with E-state index in [9.17, 15) is 23.6 Å². The van der Waals surface area contributed by atoms with Crippen LogP contribution in [0.2, 0.25) is 0 Å². The van der Waals surface area contributed by atoms with Crippen molar-refractivity contribution in [1.29, 1.82) is 0 Å². The number of alkyl halides is 1. The van der Waals surface area contributed by atoms with Crippen LogP contribution in [0.25, 0.3) is 0 Å². The van der Waals surface area contributed by atoms with Crippen LogP contribution in [-0.4, -0.2) is 60.9 Å². The Morgan fingerprint density at radius 3 is 2.62 bits per heavy atom. The standard InChI is InChI=1S/C23H31FN4O4/c1-14(2)9-20(27-21(30)11-25-22(31)17-10-18(17)24)23(32)28-8-7-15(12-28)16-5-3-4-6-19(16)26-13-29/h3-6,13-15,17-18,20H,7-12H2,1-2H3,(H,25,31)(H,26,29)(H,27,30). The maximum absolute atomic E-state index is 13.2. The average molecular weight is 447 g/mol. The molecule has 0 aromatic heterocycles. The number of amides is 4. The van der Waals surface area contributed by atoms with E-state index in [1.807, 2.05) is 38.1 Å². The minimum Gasteiger partial charge on any atom is -0.347 e. The second-order valence-corrected chi connectivity index (χ2v) is 8.94. The summed E-state index contributed by atoms with van der Waals surface area (Å²) in [5, 5.41) is 7.89. The number of halogens is 1. The van der Waals surface area contributed by atoms with Crippen molar-refractivity contribution in [2.75, 3.05) is 25.0 Å². The quantitative estimate of drug-likeness (QED) is 0.474. The Morgan fingerprint density at radius 1 is 1.25 bits per heavy atom. The van der Waals surface area contributed by atoms with E-state index in [0.29, 0.717) is 25.9 Å². The molecule has 9 heteroatoms. The largest absolute Gasteiger partial charge is 0.347 e. The van der Waals surface area contributed by atoms with Crippen LogP contribution in [0.1, 0.15) is 44.6 Å². The SMILES string of the molecule is CC(C)CC(NC(=O)CNC(=O)C1CC1F)C(=O)N1CCC(c2ccccc2NC=O)C1. The van der Waals surface area contributed by atoms with Gasteiger partial charge in [-0.05, 0) is 36.8 Å². The summed E-state index contributed by atoms with van der Waals surface area (Å²) in [6.07, 6.45) is 0.943. The van der Waals surface area contributed by atoms with Crippen molar-refractivity contribution in [3.05, 3.63) is 29.8 Å². The van der Waals surface area contributed by atoms with Crippen LogP contribution in [0.15, 0.2) is 24.3 Å². The molecule has 0 spiro atoms. The van der Waals surface area contributed by atoms with Gasteiger partial charge in [0.2, 0.25) is 24.1 Å². The number of anilines is 1. The van der Waals surface area contributed by atoms with Crippen LogP contribution in [0.4, 0.5) is 10.1 Å². The zero-order valence-corrected chi connectivity index (χ0v) is 18.5. The third-order valence-corrected chi connectivity index (χ3v) is 5.93. The van der Waals surface area contributed by atoms with Crippen molar-refractivity contribution in [3.8, 4) is 0 Å². The lowest BCUT2D eigenvalue weighted by molar-refractivity contribution is -0.136. The van der Waals surface area contributed by atoms with E-state index in [0.717, 1.165) is 17.7 Å². The number of nitrogens with zero attached hydrogens (tertiary/aromatic N) is 1. The molecule has 4 atom stereocenters. The van der Waals surface area contributed by atoms with Crippen molar-refractivity contribution in [2.24, 2.45) is 11.8 Å². The Labute approximate surface area is 187 Å². The summed E-state index contributed by atoms with van der Waals surface area (Å²) >= 11 is 0. The maximum atomic E-state index is 13.2. The van der Waals surface area contributed by atoms with E-state index in [-0.39, 0.29) is 30.7 Å². The first-order chi connectivity index (χ1) is 15.3. The van der Waals surface area contributed by atoms with Crippen LogP contribution < -0.4 is 16.0 Å². The van der Waals surface area contributed by atoms with Gasteiger partial charge in [0.1, 0.15) is 12.2 Å². The van der Waals surface area contributed by atoms with Crippen LogP contribution >= 0.6 is 0 Å². The first-order valence-corrected chi connectivity index (χ1v) is 11.1. The van der Waals surface area contributed by atoms with Gasteiger partial charge in [0.15, 0.2) is 0 Å². The molecule has 1 aliphatic carbocycles. The number of nitrogens with one attached hydrogen (secondary N) is 3. The monoisotopic (exact) mass is 446 g/mol. The zero-order valence-electron chi connectivity index (χ0n) is 18.5. The molecule has 1 aliphatic heterocycles. The lowest BCUT2D eigenvalue weighted by Gasteiger charge is -2.26. The Morgan fingerprint density at radius 2 is 1.97 bits per heavy atom. The van der Waals surface area contributed by atoms with E-state index >= 15 is 0 Å². The molecule has 1 heterocycles. The van der Waals surface area contributed by atoms with Gasteiger partial charge in [0.25, 0.3) is 0 Å². The van der Waals surface area contributed by atoms with Crippen molar-refractivity contribution in [2.45, 2.75) is 51.2 Å². The van der Waals surface area contributed by atoms with Crippen LogP contribution in [-0.2, 0) is 19.2 Å². The predicted octanol–water partition coefficient (Wildman–Crippen LogP) is 1.58. The smallest absolute Gasteiger partial charge is 0.245 e. The van der Waals surface area contributed by atoms with Gasteiger partial charge in [-0.15, -0.1) is 0 Å². The highest BCUT2D eigenvalue weighted by Gasteiger charge is 2.43. The summed E-state index contributed by atoms with van der Waals surface area (Å²) in [4.78, 5) is 49.9. The molecule has 174 valence electrons. The lowest BCUT2D eigenvalue weighted by atomic mass is 9.96. The molecule has 3 N–H and O–H groups in total. The number of para-hydroxylation sites is 1. The molecule has 0 radical (unpaired) electrons. The molecule has 1 saturated carbocycles.